The van der Waals surface area contributed by atoms with Gasteiger partial charge in [0.2, 0.25) is 9.74 Å². The Kier molecular flexibility index (Phi) is 5.15. The van der Waals surface area contributed by atoms with E-state index in [4.69, 9.17) is 19.5 Å². The standard InChI is InChI=1S/C28H40N2O4S2/c1-23(2)15-9-11-25(23,5)17(13-15)33-21(31)27(7)29-19-20(35-27)30-28(8,36-19)22(32)34-18-14-16-10-12-26(18,6)24(16,3)4/h15-18H,9-14H2,1-8H3/t15-,16-,17+,18+,25+,26+,27-,28+/m0/s1. The quantitative estimate of drug-likeness (QED) is 0.400. The molecule has 36 heavy (non-hydrogen) atoms. The Morgan fingerprint density at radius 3 is 1.33 bits per heavy atom. The molecule has 0 amide bonds. The SMILES string of the molecule is CC1(C)[C@H]2CC[C@]1(C)[C@H](OC(=O)[C@@]1(C)N=C3S[C@](C)(C(=O)O[C@@H]4C[C@@H]5CC[C@@]4(C)C5(C)C)N=C3S1)C2. The van der Waals surface area contributed by atoms with Gasteiger partial charge >= 0.3 is 11.9 Å². The molecule has 4 bridgehead atoms. The molecule has 4 aliphatic carbocycles. The minimum atomic E-state index is -1.06. The van der Waals surface area contributed by atoms with Crippen molar-refractivity contribution in [2.45, 2.75) is 116 Å². The van der Waals surface area contributed by atoms with Crippen LogP contribution in [-0.2, 0) is 19.1 Å². The van der Waals surface area contributed by atoms with Gasteiger partial charge in [-0.25, -0.2) is 19.6 Å². The largest absolute Gasteiger partial charge is 0.459 e. The molecule has 0 aromatic heterocycles. The van der Waals surface area contributed by atoms with E-state index < -0.39 is 9.74 Å². The summed E-state index contributed by atoms with van der Waals surface area (Å²) in [6.45, 7) is 17.4. The van der Waals surface area contributed by atoms with Crippen LogP contribution >= 0.6 is 23.5 Å². The molecule has 198 valence electrons. The molecule has 8 atom stereocenters. The van der Waals surface area contributed by atoms with Gasteiger partial charge in [0.15, 0.2) is 0 Å². The summed E-state index contributed by atoms with van der Waals surface area (Å²) in [5.74, 6) is 0.608. The minimum absolute atomic E-state index is 0.00938. The van der Waals surface area contributed by atoms with Gasteiger partial charge in [0.1, 0.15) is 22.3 Å². The Morgan fingerprint density at radius 1 is 0.694 bits per heavy atom. The lowest BCUT2D eigenvalue weighted by Gasteiger charge is -2.39. The van der Waals surface area contributed by atoms with Gasteiger partial charge in [-0.15, -0.1) is 0 Å². The lowest BCUT2D eigenvalue weighted by atomic mass is 9.70. The number of hydrogen-bond donors (Lipinski definition) is 0. The summed E-state index contributed by atoms with van der Waals surface area (Å²) in [4.78, 5) is 34.1. The molecule has 0 aromatic rings. The van der Waals surface area contributed by atoms with Crippen molar-refractivity contribution in [3.63, 3.8) is 0 Å². The maximum atomic E-state index is 13.4. The van der Waals surface area contributed by atoms with Crippen molar-refractivity contribution in [2.24, 2.45) is 43.5 Å². The first-order valence-corrected chi connectivity index (χ1v) is 15.2. The third-order valence-corrected chi connectivity index (χ3v) is 14.5. The van der Waals surface area contributed by atoms with Crippen molar-refractivity contribution in [3.05, 3.63) is 0 Å². The summed E-state index contributed by atoms with van der Waals surface area (Å²) in [5.41, 5.74) is 0.374. The van der Waals surface area contributed by atoms with E-state index in [1.54, 1.807) is 0 Å². The highest BCUT2D eigenvalue weighted by Crippen LogP contribution is 2.67. The third kappa shape index (κ3) is 3.06. The number of aliphatic imine (C=N–C) groups is 2. The van der Waals surface area contributed by atoms with Crippen molar-refractivity contribution in [2.75, 3.05) is 0 Å². The molecule has 0 aromatic carbocycles. The molecule has 4 saturated carbocycles. The van der Waals surface area contributed by atoms with Crippen LogP contribution in [0, 0.1) is 33.5 Å². The molecule has 6 aliphatic rings. The van der Waals surface area contributed by atoms with Crippen LogP contribution in [0.25, 0.3) is 0 Å². The molecule has 0 radical (unpaired) electrons. The van der Waals surface area contributed by atoms with Gasteiger partial charge in [0.05, 0.1) is 0 Å². The maximum absolute atomic E-state index is 13.4. The number of ether oxygens (including phenoxy) is 2. The molecule has 8 heteroatoms. The van der Waals surface area contributed by atoms with Crippen molar-refractivity contribution in [3.8, 4) is 0 Å². The van der Waals surface area contributed by atoms with Gasteiger partial charge in [-0.1, -0.05) is 65.1 Å². The fraction of sp³-hybridized carbons (Fsp3) is 0.857. The number of thioether (sulfide) groups is 2. The van der Waals surface area contributed by atoms with Crippen LogP contribution in [0.5, 0.6) is 0 Å². The number of carbonyl (C=O) groups excluding carboxylic acids is 2. The number of carbonyl (C=O) groups is 2. The molecule has 2 aliphatic heterocycles. The highest BCUT2D eigenvalue weighted by atomic mass is 32.2. The van der Waals surface area contributed by atoms with E-state index in [2.05, 4.69) is 41.5 Å². The predicted octanol–water partition coefficient (Wildman–Crippen LogP) is 6.23. The highest BCUT2D eigenvalue weighted by Gasteiger charge is 2.65. The summed E-state index contributed by atoms with van der Waals surface area (Å²) in [7, 11) is 0. The smallest absolute Gasteiger partial charge is 0.344 e. The molecule has 0 N–H and O–H groups in total. The fourth-order valence-corrected chi connectivity index (χ4v) is 10.7. The first kappa shape index (κ1) is 25.3. The second-order valence-corrected chi connectivity index (χ2v) is 16.8. The first-order chi connectivity index (χ1) is 16.6. The molecule has 4 fully saturated rings. The van der Waals surface area contributed by atoms with E-state index in [0.717, 1.165) is 25.7 Å². The van der Waals surface area contributed by atoms with E-state index >= 15 is 0 Å². The highest BCUT2D eigenvalue weighted by molar-refractivity contribution is 8.28. The van der Waals surface area contributed by atoms with E-state index in [9.17, 15) is 9.59 Å². The van der Waals surface area contributed by atoms with Crippen LogP contribution < -0.4 is 0 Å². The summed E-state index contributed by atoms with van der Waals surface area (Å²) in [6.07, 6.45) is 6.36. The average Bonchev–Trinajstić information content (AvgIpc) is 3.49. The van der Waals surface area contributed by atoms with E-state index in [1.807, 2.05) is 13.8 Å². The number of hydrogen-bond acceptors (Lipinski definition) is 8. The normalized spacial score (nSPS) is 49.1. The molecule has 2 heterocycles. The van der Waals surface area contributed by atoms with Gasteiger partial charge in [-0.2, -0.15) is 0 Å². The zero-order chi connectivity index (χ0) is 26.1. The van der Waals surface area contributed by atoms with Crippen LogP contribution in [0.2, 0.25) is 0 Å². The molecular weight excluding hydrogens is 492 g/mol. The molecule has 0 saturated heterocycles. The van der Waals surface area contributed by atoms with Gasteiger partial charge in [0.25, 0.3) is 0 Å². The van der Waals surface area contributed by atoms with Gasteiger partial charge < -0.3 is 9.47 Å². The average molecular weight is 533 g/mol. The second kappa shape index (κ2) is 7.34. The number of esters is 2. The van der Waals surface area contributed by atoms with E-state index in [0.29, 0.717) is 21.9 Å². The topological polar surface area (TPSA) is 77.3 Å². The zero-order valence-corrected chi connectivity index (χ0v) is 24.5. The lowest BCUT2D eigenvalue weighted by molar-refractivity contribution is -0.159. The summed E-state index contributed by atoms with van der Waals surface area (Å²) < 4.78 is 12.3. The van der Waals surface area contributed by atoms with Crippen molar-refractivity contribution >= 4 is 45.5 Å². The first-order valence-electron chi connectivity index (χ1n) is 13.6. The van der Waals surface area contributed by atoms with Gasteiger partial charge in [0, 0.05) is 10.8 Å². The van der Waals surface area contributed by atoms with E-state index in [-0.39, 0.29) is 45.8 Å². The maximum Gasteiger partial charge on any atom is 0.344 e. The molecule has 6 nitrogen and oxygen atoms in total. The molecule has 0 unspecified atom stereocenters. The van der Waals surface area contributed by atoms with Crippen LogP contribution in [0.1, 0.15) is 93.9 Å². The minimum Gasteiger partial charge on any atom is -0.459 e. The predicted molar refractivity (Wildman–Crippen MR) is 145 cm³/mol. The number of fused-ring (bicyclic) bond motifs is 5. The fourth-order valence-electron chi connectivity index (χ4n) is 8.31. The van der Waals surface area contributed by atoms with Crippen molar-refractivity contribution in [1.29, 1.82) is 0 Å². The molecule has 0 spiro atoms. The number of rotatable bonds is 4. The Morgan fingerprint density at radius 2 is 1.06 bits per heavy atom. The Bertz CT molecular complexity index is 1030. The van der Waals surface area contributed by atoms with Crippen molar-refractivity contribution in [1.82, 2.24) is 0 Å². The van der Waals surface area contributed by atoms with E-state index in [1.165, 1.54) is 36.4 Å². The van der Waals surface area contributed by atoms with Gasteiger partial charge in [-0.3, -0.25) is 0 Å². The number of nitrogens with zero attached hydrogens (tertiary/aromatic N) is 2. The van der Waals surface area contributed by atoms with Crippen molar-refractivity contribution < 1.29 is 19.1 Å². The van der Waals surface area contributed by atoms with Crippen LogP contribution in [0.4, 0.5) is 0 Å². The summed E-state index contributed by atoms with van der Waals surface area (Å²) in [5, 5.41) is 1.30. The Balaban J connectivity index is 1.13. The Labute approximate surface area is 223 Å². The third-order valence-electron chi connectivity index (χ3n) is 12.1. The summed E-state index contributed by atoms with van der Waals surface area (Å²) >= 11 is 2.62. The Hall–Kier alpha value is -1.02. The molecule has 6 rings (SSSR count). The van der Waals surface area contributed by atoms with Crippen LogP contribution in [0.15, 0.2) is 9.98 Å². The molecular formula is C28H40N2O4S2. The second-order valence-electron chi connectivity index (χ2n) is 14.0. The summed E-state index contributed by atoms with van der Waals surface area (Å²) in [6, 6.07) is 0. The monoisotopic (exact) mass is 532 g/mol. The zero-order valence-electron chi connectivity index (χ0n) is 22.9. The lowest BCUT2D eigenvalue weighted by Crippen LogP contribution is -2.42. The van der Waals surface area contributed by atoms with Crippen LogP contribution in [0.3, 0.4) is 0 Å². The van der Waals surface area contributed by atoms with Crippen LogP contribution in [-0.4, -0.2) is 44.0 Å². The van der Waals surface area contributed by atoms with Gasteiger partial charge in [-0.05, 0) is 75.0 Å².